The van der Waals surface area contributed by atoms with E-state index in [4.69, 9.17) is 9.47 Å². The molecule has 37 heavy (non-hydrogen) atoms. The number of thiophene rings is 1. The maximum atomic E-state index is 12.9. The van der Waals surface area contributed by atoms with E-state index >= 15 is 0 Å². The van der Waals surface area contributed by atoms with Crippen LogP contribution in [0.2, 0.25) is 0 Å². The Kier molecular flexibility index (Phi) is 8.46. The summed E-state index contributed by atoms with van der Waals surface area (Å²) in [5, 5.41) is 13.3. The second-order valence-electron chi connectivity index (χ2n) is 8.90. The smallest absolute Gasteiger partial charge is 0.410 e. The monoisotopic (exact) mass is 521 g/mol. The van der Waals surface area contributed by atoms with Crippen molar-refractivity contribution in [2.75, 3.05) is 25.1 Å². The van der Waals surface area contributed by atoms with Gasteiger partial charge in [0.1, 0.15) is 29.3 Å². The lowest BCUT2D eigenvalue weighted by Crippen LogP contribution is -2.36. The van der Waals surface area contributed by atoms with Crippen LogP contribution in [0.3, 0.4) is 0 Å². The number of carbonyl (C=O) groups excluding carboxylic acids is 2. The largest absolute Gasteiger partial charge is 0.494 e. The Hall–Kier alpha value is -3.84. The van der Waals surface area contributed by atoms with Crippen LogP contribution in [0.5, 0.6) is 5.75 Å². The van der Waals surface area contributed by atoms with E-state index in [0.29, 0.717) is 43.2 Å². The number of ether oxygens (including phenoxy) is 2. The molecule has 194 valence electrons. The quantitative estimate of drug-likeness (QED) is 0.431. The zero-order chi connectivity index (χ0) is 26.4. The Labute approximate surface area is 220 Å². The zero-order valence-electron chi connectivity index (χ0n) is 21.3. The van der Waals surface area contributed by atoms with Gasteiger partial charge in [-0.15, -0.1) is 11.3 Å². The lowest BCUT2D eigenvalue weighted by molar-refractivity contribution is -0.116. The molecule has 10 heteroatoms. The molecule has 9 nitrogen and oxygen atoms in total. The summed E-state index contributed by atoms with van der Waals surface area (Å²) >= 11 is 1.35. The molecule has 0 saturated heterocycles. The van der Waals surface area contributed by atoms with Crippen LogP contribution in [-0.4, -0.2) is 46.2 Å². The van der Waals surface area contributed by atoms with Gasteiger partial charge < -0.3 is 24.3 Å². The zero-order valence-corrected chi connectivity index (χ0v) is 22.1. The van der Waals surface area contributed by atoms with Crippen molar-refractivity contribution in [1.29, 1.82) is 5.26 Å². The summed E-state index contributed by atoms with van der Waals surface area (Å²) in [4.78, 5) is 32.2. The molecule has 1 atom stereocenters. The molecule has 1 unspecified atom stereocenters. The number of aromatic nitrogens is 2. The molecule has 4 rings (SSSR count). The first-order valence-electron chi connectivity index (χ1n) is 12.4. The number of amides is 2. The molecule has 2 aromatic heterocycles. The molecule has 0 radical (unpaired) electrons. The Morgan fingerprint density at radius 3 is 2.86 bits per heavy atom. The molecule has 1 aromatic carbocycles. The number of nitrogens with one attached hydrogen (secondary N) is 1. The van der Waals surface area contributed by atoms with Gasteiger partial charge >= 0.3 is 6.09 Å². The van der Waals surface area contributed by atoms with Gasteiger partial charge in [-0.2, -0.15) is 5.26 Å². The van der Waals surface area contributed by atoms with Crippen LogP contribution in [0.25, 0.3) is 0 Å². The topological polar surface area (TPSA) is 109 Å². The fourth-order valence-corrected chi connectivity index (χ4v) is 5.70. The fraction of sp³-hybridized carbons (Fsp3) is 0.407. The Morgan fingerprint density at radius 1 is 1.32 bits per heavy atom. The highest BCUT2D eigenvalue weighted by Gasteiger charge is 2.28. The van der Waals surface area contributed by atoms with Gasteiger partial charge in [0, 0.05) is 30.2 Å². The molecule has 0 aliphatic carbocycles. The minimum Gasteiger partial charge on any atom is -0.494 e. The Bertz CT molecular complexity index is 1310. The van der Waals surface area contributed by atoms with Crippen LogP contribution in [0.1, 0.15) is 53.6 Å². The third-order valence-corrected chi connectivity index (χ3v) is 7.53. The molecule has 0 saturated carbocycles. The number of imidazole rings is 1. The number of rotatable bonds is 9. The van der Waals surface area contributed by atoms with Gasteiger partial charge in [0.25, 0.3) is 0 Å². The number of benzene rings is 1. The van der Waals surface area contributed by atoms with Gasteiger partial charge in [-0.3, -0.25) is 4.79 Å². The molecule has 1 aliphatic heterocycles. The van der Waals surface area contributed by atoms with E-state index in [1.807, 2.05) is 55.8 Å². The van der Waals surface area contributed by atoms with Gasteiger partial charge in [-0.25, -0.2) is 9.78 Å². The normalized spacial score (nSPS) is 13.4. The molecular weight excluding hydrogens is 490 g/mol. The molecule has 0 fully saturated rings. The number of nitrogens with zero attached hydrogens (tertiary/aromatic N) is 4. The molecule has 3 aromatic rings. The summed E-state index contributed by atoms with van der Waals surface area (Å²) in [7, 11) is 0. The second-order valence-corrected chi connectivity index (χ2v) is 10.0. The number of carbonyl (C=O) groups is 2. The Morgan fingerprint density at radius 2 is 2.14 bits per heavy atom. The summed E-state index contributed by atoms with van der Waals surface area (Å²) in [6.45, 7) is 7.97. The van der Waals surface area contributed by atoms with E-state index in [1.54, 1.807) is 11.1 Å². The first kappa shape index (κ1) is 26.2. The van der Waals surface area contributed by atoms with Crippen molar-refractivity contribution in [1.82, 2.24) is 14.5 Å². The third kappa shape index (κ3) is 6.12. The van der Waals surface area contributed by atoms with Crippen molar-refractivity contribution in [3.8, 4) is 11.8 Å². The molecule has 1 aliphatic rings. The lowest BCUT2D eigenvalue weighted by atomic mass is 9.96. The van der Waals surface area contributed by atoms with Crippen molar-refractivity contribution < 1.29 is 19.1 Å². The first-order valence-corrected chi connectivity index (χ1v) is 13.2. The highest BCUT2D eigenvalue weighted by Crippen LogP contribution is 2.37. The van der Waals surface area contributed by atoms with Gasteiger partial charge in [0.05, 0.1) is 25.3 Å². The maximum Gasteiger partial charge on any atom is 0.410 e. The summed E-state index contributed by atoms with van der Waals surface area (Å²) in [5.74, 6) is 1.42. The highest BCUT2D eigenvalue weighted by atomic mass is 32.1. The first-order chi connectivity index (χ1) is 17.9. The number of hydrogen-bond donors (Lipinski definition) is 1. The van der Waals surface area contributed by atoms with E-state index < -0.39 is 0 Å². The van der Waals surface area contributed by atoms with Crippen molar-refractivity contribution in [2.45, 2.75) is 52.6 Å². The van der Waals surface area contributed by atoms with Crippen LogP contribution >= 0.6 is 11.3 Å². The summed E-state index contributed by atoms with van der Waals surface area (Å²) in [6, 6.07) is 9.97. The van der Waals surface area contributed by atoms with Gasteiger partial charge in [0.15, 0.2) is 0 Å². The number of anilines is 1. The number of nitriles is 1. The lowest BCUT2D eigenvalue weighted by Gasteiger charge is -2.26. The number of fused-ring (bicyclic) bond motifs is 1. The van der Waals surface area contributed by atoms with Crippen molar-refractivity contribution in [3.63, 3.8) is 0 Å². The average Bonchev–Trinajstić information content (AvgIpc) is 3.45. The molecule has 0 spiro atoms. The van der Waals surface area contributed by atoms with Gasteiger partial charge in [-0.1, -0.05) is 25.1 Å². The van der Waals surface area contributed by atoms with Crippen LogP contribution in [0, 0.1) is 18.3 Å². The highest BCUT2D eigenvalue weighted by molar-refractivity contribution is 7.16. The minimum absolute atomic E-state index is 0.0563. The van der Waals surface area contributed by atoms with Crippen molar-refractivity contribution in [2.24, 2.45) is 0 Å². The average molecular weight is 522 g/mol. The third-order valence-electron chi connectivity index (χ3n) is 6.40. The fourth-order valence-electron chi connectivity index (χ4n) is 4.47. The van der Waals surface area contributed by atoms with Crippen LogP contribution < -0.4 is 10.1 Å². The molecule has 3 heterocycles. The predicted octanol–water partition coefficient (Wildman–Crippen LogP) is 4.85. The van der Waals surface area contributed by atoms with Crippen molar-refractivity contribution in [3.05, 3.63) is 64.1 Å². The van der Waals surface area contributed by atoms with E-state index in [-0.39, 0.29) is 30.9 Å². The van der Waals surface area contributed by atoms with Gasteiger partial charge in [-0.05, 0) is 43.4 Å². The van der Waals surface area contributed by atoms with E-state index in [0.717, 1.165) is 27.6 Å². The summed E-state index contributed by atoms with van der Waals surface area (Å²) in [6.07, 6.45) is 3.97. The number of aryl methyl sites for hydroxylation is 1. The van der Waals surface area contributed by atoms with Crippen molar-refractivity contribution >= 4 is 28.3 Å². The minimum atomic E-state index is -0.386. The van der Waals surface area contributed by atoms with Crippen LogP contribution in [0.15, 0.2) is 36.7 Å². The SMILES string of the molecule is CCOc1ccccc1C(C)CC(=O)Nc1sc2c(c1C#N)CCN(C(=O)OCCn1ccnc1C)C2. The summed E-state index contributed by atoms with van der Waals surface area (Å²) in [5.41, 5.74) is 2.36. The maximum absolute atomic E-state index is 12.9. The Balaban J connectivity index is 1.37. The van der Waals surface area contributed by atoms with Crippen LogP contribution in [-0.2, 0) is 29.0 Å². The van der Waals surface area contributed by atoms with Gasteiger partial charge in [0.2, 0.25) is 5.91 Å². The molecular formula is C27H31N5O4S. The molecule has 2 amide bonds. The van der Waals surface area contributed by atoms with E-state index in [2.05, 4.69) is 16.4 Å². The summed E-state index contributed by atoms with van der Waals surface area (Å²) < 4.78 is 13.1. The molecule has 1 N–H and O–H groups in total. The number of hydrogen-bond acceptors (Lipinski definition) is 7. The number of para-hydroxylation sites is 1. The second kappa shape index (κ2) is 11.9. The van der Waals surface area contributed by atoms with E-state index in [1.165, 1.54) is 11.3 Å². The van der Waals surface area contributed by atoms with Crippen LogP contribution in [0.4, 0.5) is 9.80 Å². The predicted molar refractivity (Wildman–Crippen MR) is 141 cm³/mol. The standard InChI is InChI=1S/C27H31N5O4S/c1-4-35-23-8-6-5-7-20(23)18(2)15-25(33)30-26-22(16-28)21-9-11-32(17-24(21)37-26)27(34)36-14-13-31-12-10-29-19(31)3/h5-8,10,12,18H,4,9,11,13-15,17H2,1-3H3,(H,30,33). The van der Waals surface area contributed by atoms with E-state index in [9.17, 15) is 14.9 Å². The molecule has 0 bridgehead atoms.